The number of carbonyl (C=O) groups is 1. The maximum atomic E-state index is 11.0. The van der Waals surface area contributed by atoms with Crippen LogP contribution in [-0.4, -0.2) is 15.8 Å². The summed E-state index contributed by atoms with van der Waals surface area (Å²) < 4.78 is 0. The zero-order chi connectivity index (χ0) is 12.7. The van der Waals surface area contributed by atoms with Gasteiger partial charge < -0.3 is 0 Å². The van der Waals surface area contributed by atoms with Crippen LogP contribution in [0.5, 0.6) is 0 Å². The molecule has 0 atom stereocenters. The van der Waals surface area contributed by atoms with E-state index < -0.39 is 0 Å². The van der Waals surface area contributed by atoms with Crippen molar-refractivity contribution in [2.75, 3.05) is 0 Å². The Morgan fingerprint density at radius 3 is 2.00 bits per heavy atom. The lowest BCUT2D eigenvalue weighted by Crippen LogP contribution is -1.96. The Hall–Kier alpha value is -2.03. The van der Waals surface area contributed by atoms with Gasteiger partial charge in [0.1, 0.15) is 0 Å². The fourth-order valence-electron chi connectivity index (χ4n) is 1.25. The fourth-order valence-corrected chi connectivity index (χ4v) is 1.25. The van der Waals surface area contributed by atoms with E-state index in [-0.39, 0.29) is 5.78 Å². The number of benzene rings is 1. The lowest BCUT2D eigenvalue weighted by atomic mass is 10.2. The van der Waals surface area contributed by atoms with Crippen LogP contribution in [0, 0.1) is 0 Å². The minimum atomic E-state index is -0.0189. The molecule has 0 spiro atoms. The molecule has 0 bridgehead atoms. The predicted octanol–water partition coefficient (Wildman–Crippen LogP) is 3.37. The van der Waals surface area contributed by atoms with E-state index in [9.17, 15) is 4.79 Å². The number of carbonyl (C=O) groups excluding carboxylic acids is 1. The zero-order valence-electron chi connectivity index (χ0n) is 10.3. The van der Waals surface area contributed by atoms with Crippen LogP contribution in [0.25, 0.3) is 11.4 Å². The first-order chi connectivity index (χ1) is 8.27. The Labute approximate surface area is 102 Å². The van der Waals surface area contributed by atoms with E-state index in [2.05, 4.69) is 9.97 Å². The molecule has 1 aromatic carbocycles. The number of hydrogen-bond acceptors (Lipinski definition) is 3. The summed E-state index contributed by atoms with van der Waals surface area (Å²) in [4.78, 5) is 19.3. The predicted molar refractivity (Wildman–Crippen MR) is 68.8 cm³/mol. The SMILES string of the molecule is CC.CC(=O)c1cnc(-c2ccccc2)nc1. The Balaban J connectivity index is 0.000000686. The molecular weight excluding hydrogens is 212 g/mol. The van der Waals surface area contributed by atoms with Crippen molar-refractivity contribution in [2.45, 2.75) is 20.8 Å². The molecule has 0 aliphatic rings. The molecule has 1 heterocycles. The molecule has 0 saturated heterocycles. The third kappa shape index (κ3) is 3.48. The van der Waals surface area contributed by atoms with Crippen LogP contribution < -0.4 is 0 Å². The van der Waals surface area contributed by atoms with Gasteiger partial charge in [0.05, 0.1) is 5.56 Å². The quantitative estimate of drug-likeness (QED) is 0.740. The van der Waals surface area contributed by atoms with Crippen molar-refractivity contribution in [3.63, 3.8) is 0 Å². The summed E-state index contributed by atoms with van der Waals surface area (Å²) in [5.41, 5.74) is 1.49. The van der Waals surface area contributed by atoms with Crippen molar-refractivity contribution in [1.29, 1.82) is 0 Å². The number of ketones is 1. The number of Topliss-reactive ketones (excluding diaryl/α,β-unsaturated/α-hetero) is 1. The molecule has 0 radical (unpaired) electrons. The summed E-state index contributed by atoms with van der Waals surface area (Å²) in [7, 11) is 0. The lowest BCUT2D eigenvalue weighted by Gasteiger charge is -1.99. The highest BCUT2D eigenvalue weighted by molar-refractivity contribution is 5.93. The highest BCUT2D eigenvalue weighted by Gasteiger charge is 2.02. The van der Waals surface area contributed by atoms with Crippen molar-refractivity contribution >= 4 is 5.78 Å². The summed E-state index contributed by atoms with van der Waals surface area (Å²) in [5, 5.41) is 0. The van der Waals surface area contributed by atoms with Crippen molar-refractivity contribution in [3.8, 4) is 11.4 Å². The number of aromatic nitrogens is 2. The van der Waals surface area contributed by atoms with Gasteiger partial charge in [0.15, 0.2) is 11.6 Å². The average Bonchev–Trinajstić information content (AvgIpc) is 2.42. The van der Waals surface area contributed by atoms with Gasteiger partial charge in [-0.25, -0.2) is 9.97 Å². The number of rotatable bonds is 2. The molecule has 0 saturated carbocycles. The second-order valence-electron chi connectivity index (χ2n) is 3.22. The van der Waals surface area contributed by atoms with E-state index in [1.165, 1.54) is 6.92 Å². The first-order valence-corrected chi connectivity index (χ1v) is 5.66. The molecule has 0 amide bonds. The number of hydrogen-bond donors (Lipinski definition) is 0. The second kappa shape index (κ2) is 6.53. The molecule has 88 valence electrons. The van der Waals surface area contributed by atoms with E-state index >= 15 is 0 Å². The molecule has 1 aromatic heterocycles. The van der Waals surface area contributed by atoms with Crippen molar-refractivity contribution < 1.29 is 4.79 Å². The third-order valence-corrected chi connectivity index (χ3v) is 2.09. The Bertz CT molecular complexity index is 463. The first kappa shape index (κ1) is 13.0. The topological polar surface area (TPSA) is 42.9 Å². The molecule has 0 aliphatic carbocycles. The smallest absolute Gasteiger partial charge is 0.162 e. The molecule has 2 aromatic rings. The van der Waals surface area contributed by atoms with Crippen LogP contribution in [0.15, 0.2) is 42.7 Å². The van der Waals surface area contributed by atoms with E-state index in [4.69, 9.17) is 0 Å². The van der Waals surface area contributed by atoms with Gasteiger partial charge >= 0.3 is 0 Å². The van der Waals surface area contributed by atoms with Crippen LogP contribution in [0.2, 0.25) is 0 Å². The Kier molecular flexibility index (Phi) is 5.01. The van der Waals surface area contributed by atoms with Gasteiger partial charge in [-0.3, -0.25) is 4.79 Å². The molecule has 0 fully saturated rings. The summed E-state index contributed by atoms with van der Waals surface area (Å²) in [6.45, 7) is 5.50. The minimum absolute atomic E-state index is 0.0189. The van der Waals surface area contributed by atoms with Gasteiger partial charge in [0.25, 0.3) is 0 Å². The monoisotopic (exact) mass is 228 g/mol. The lowest BCUT2D eigenvalue weighted by molar-refractivity contribution is 0.101. The van der Waals surface area contributed by atoms with Gasteiger partial charge in [0, 0.05) is 18.0 Å². The molecule has 17 heavy (non-hydrogen) atoms. The van der Waals surface area contributed by atoms with Gasteiger partial charge in [0.2, 0.25) is 0 Å². The zero-order valence-corrected chi connectivity index (χ0v) is 10.3. The molecule has 0 unspecified atom stereocenters. The minimum Gasteiger partial charge on any atom is -0.294 e. The van der Waals surface area contributed by atoms with Crippen LogP contribution in [0.3, 0.4) is 0 Å². The van der Waals surface area contributed by atoms with Gasteiger partial charge in [-0.05, 0) is 6.92 Å². The highest BCUT2D eigenvalue weighted by Crippen LogP contribution is 2.13. The first-order valence-electron chi connectivity index (χ1n) is 5.66. The Morgan fingerprint density at radius 2 is 1.53 bits per heavy atom. The summed E-state index contributed by atoms with van der Waals surface area (Å²) in [6.07, 6.45) is 3.11. The van der Waals surface area contributed by atoms with Crippen molar-refractivity contribution in [2.24, 2.45) is 0 Å². The van der Waals surface area contributed by atoms with Crippen molar-refractivity contribution in [1.82, 2.24) is 9.97 Å². The van der Waals surface area contributed by atoms with E-state index in [1.807, 2.05) is 44.2 Å². The van der Waals surface area contributed by atoms with Gasteiger partial charge in [-0.15, -0.1) is 0 Å². The van der Waals surface area contributed by atoms with Crippen LogP contribution >= 0.6 is 0 Å². The van der Waals surface area contributed by atoms with Gasteiger partial charge in [-0.2, -0.15) is 0 Å². The maximum Gasteiger partial charge on any atom is 0.162 e. The maximum absolute atomic E-state index is 11.0. The van der Waals surface area contributed by atoms with Crippen molar-refractivity contribution in [3.05, 3.63) is 48.3 Å². The van der Waals surface area contributed by atoms with E-state index in [0.717, 1.165) is 5.56 Å². The van der Waals surface area contributed by atoms with Crippen LogP contribution in [0.1, 0.15) is 31.1 Å². The molecule has 2 rings (SSSR count). The molecule has 0 N–H and O–H groups in total. The number of nitrogens with zero attached hydrogens (tertiary/aromatic N) is 2. The third-order valence-electron chi connectivity index (χ3n) is 2.09. The average molecular weight is 228 g/mol. The molecule has 3 heteroatoms. The highest BCUT2D eigenvalue weighted by atomic mass is 16.1. The fraction of sp³-hybridized carbons (Fsp3) is 0.214. The summed E-state index contributed by atoms with van der Waals surface area (Å²) in [6, 6.07) is 9.66. The normalized spacial score (nSPS) is 9.12. The standard InChI is InChI=1S/C12H10N2O.C2H6/c1-9(15)11-7-13-12(14-8-11)10-5-3-2-4-6-10;1-2/h2-8H,1H3;1-2H3. The van der Waals surface area contributed by atoms with E-state index in [0.29, 0.717) is 11.4 Å². The van der Waals surface area contributed by atoms with Gasteiger partial charge in [-0.1, -0.05) is 44.2 Å². The largest absolute Gasteiger partial charge is 0.294 e. The summed E-state index contributed by atoms with van der Waals surface area (Å²) >= 11 is 0. The van der Waals surface area contributed by atoms with Crippen LogP contribution in [0.4, 0.5) is 0 Å². The Morgan fingerprint density at radius 1 is 1.00 bits per heavy atom. The van der Waals surface area contributed by atoms with Crippen LogP contribution in [-0.2, 0) is 0 Å². The summed E-state index contributed by atoms with van der Waals surface area (Å²) in [5.74, 6) is 0.621. The van der Waals surface area contributed by atoms with E-state index in [1.54, 1.807) is 12.4 Å². The second-order valence-corrected chi connectivity index (χ2v) is 3.22. The molecule has 0 aliphatic heterocycles. The molecule has 3 nitrogen and oxygen atoms in total. The molecular formula is C14H16N2O.